The standard InChI is InChI=1S/C25H25FN4O5/c1-3-25(33)17-7-20-22-15(10-30(20)23(31)16(17)11-35-24(25)32)14(9-29-5-4-27-12-29)13-6-21(34-2)18(26)8-19(13)28-22/h6-8,27,33H,3-5,9-12H2,1-2H3/t25-/m0/s1. The lowest BCUT2D eigenvalue weighted by Crippen LogP contribution is -2.44. The molecule has 5 heterocycles. The van der Waals surface area contributed by atoms with Crippen LogP contribution in [0.15, 0.2) is 23.0 Å². The van der Waals surface area contributed by atoms with Gasteiger partial charge in [-0.05, 0) is 24.1 Å². The summed E-state index contributed by atoms with van der Waals surface area (Å²) in [6, 6.07) is 4.68. The zero-order valence-electron chi connectivity index (χ0n) is 19.5. The van der Waals surface area contributed by atoms with Gasteiger partial charge in [0, 0.05) is 48.9 Å². The molecule has 0 amide bonds. The molecule has 0 saturated carbocycles. The minimum Gasteiger partial charge on any atom is -0.494 e. The quantitative estimate of drug-likeness (QED) is 0.425. The van der Waals surface area contributed by atoms with Gasteiger partial charge in [-0.3, -0.25) is 9.69 Å². The number of aliphatic hydroxyl groups is 1. The Bertz CT molecular complexity index is 1460. The predicted octanol–water partition coefficient (Wildman–Crippen LogP) is 1.59. The lowest BCUT2D eigenvalue weighted by Gasteiger charge is -2.31. The molecule has 0 unspecified atom stereocenters. The van der Waals surface area contributed by atoms with Crippen LogP contribution >= 0.6 is 0 Å². The molecule has 0 aliphatic carbocycles. The van der Waals surface area contributed by atoms with E-state index in [0.29, 0.717) is 23.4 Å². The molecule has 3 aliphatic heterocycles. The summed E-state index contributed by atoms with van der Waals surface area (Å²) in [6.45, 7) is 4.82. The fourth-order valence-corrected chi connectivity index (χ4v) is 5.41. The second-order valence-corrected chi connectivity index (χ2v) is 9.24. The number of rotatable bonds is 4. The fourth-order valence-electron chi connectivity index (χ4n) is 5.41. The Morgan fingerprint density at radius 3 is 2.83 bits per heavy atom. The van der Waals surface area contributed by atoms with Gasteiger partial charge in [0.2, 0.25) is 0 Å². The number of cyclic esters (lactones) is 1. The maximum Gasteiger partial charge on any atom is 0.343 e. The second kappa shape index (κ2) is 7.84. The van der Waals surface area contributed by atoms with Gasteiger partial charge in [0.1, 0.15) is 6.61 Å². The van der Waals surface area contributed by atoms with Crippen LogP contribution in [0.4, 0.5) is 4.39 Å². The molecule has 9 nitrogen and oxygen atoms in total. The van der Waals surface area contributed by atoms with Crippen LogP contribution in [0, 0.1) is 5.82 Å². The monoisotopic (exact) mass is 480 g/mol. The molecule has 2 aromatic heterocycles. The van der Waals surface area contributed by atoms with Gasteiger partial charge >= 0.3 is 5.97 Å². The first kappa shape index (κ1) is 22.1. The highest BCUT2D eigenvalue weighted by molar-refractivity contribution is 5.90. The molecule has 0 radical (unpaired) electrons. The van der Waals surface area contributed by atoms with E-state index in [1.54, 1.807) is 23.6 Å². The number of pyridine rings is 2. The maximum absolute atomic E-state index is 14.7. The summed E-state index contributed by atoms with van der Waals surface area (Å²) in [5, 5.41) is 15.2. The van der Waals surface area contributed by atoms with Crippen LogP contribution in [-0.2, 0) is 34.8 Å². The molecule has 3 aliphatic rings. The summed E-state index contributed by atoms with van der Waals surface area (Å²) < 4.78 is 26.6. The van der Waals surface area contributed by atoms with Gasteiger partial charge in [-0.25, -0.2) is 14.2 Å². The van der Waals surface area contributed by atoms with Gasteiger partial charge in [0.15, 0.2) is 17.2 Å². The number of fused-ring (bicyclic) bond motifs is 5. The van der Waals surface area contributed by atoms with Crippen molar-refractivity contribution < 1.29 is 23.8 Å². The molecular formula is C25H25FN4O5. The number of esters is 1. The first-order chi connectivity index (χ1) is 16.9. The molecule has 1 atom stereocenters. The number of hydrogen-bond acceptors (Lipinski definition) is 8. The van der Waals surface area contributed by atoms with Gasteiger partial charge in [0.05, 0.1) is 36.1 Å². The molecule has 0 spiro atoms. The van der Waals surface area contributed by atoms with Crippen LogP contribution < -0.4 is 15.6 Å². The molecule has 6 rings (SSSR count). The highest BCUT2D eigenvalue weighted by Gasteiger charge is 2.45. The molecule has 182 valence electrons. The highest BCUT2D eigenvalue weighted by Crippen LogP contribution is 2.41. The van der Waals surface area contributed by atoms with E-state index in [-0.39, 0.29) is 42.0 Å². The van der Waals surface area contributed by atoms with Gasteiger partial charge < -0.3 is 24.5 Å². The zero-order valence-corrected chi connectivity index (χ0v) is 19.5. The van der Waals surface area contributed by atoms with Crippen molar-refractivity contribution in [3.05, 3.63) is 56.6 Å². The van der Waals surface area contributed by atoms with Crippen molar-refractivity contribution in [3.8, 4) is 17.1 Å². The van der Waals surface area contributed by atoms with E-state index in [1.165, 1.54) is 13.2 Å². The Morgan fingerprint density at radius 1 is 1.29 bits per heavy atom. The largest absolute Gasteiger partial charge is 0.494 e. The van der Waals surface area contributed by atoms with Gasteiger partial charge in [-0.2, -0.15) is 0 Å². The Hall–Kier alpha value is -3.34. The highest BCUT2D eigenvalue weighted by atomic mass is 19.1. The third-order valence-corrected chi connectivity index (χ3v) is 7.40. The normalized spacial score (nSPS) is 21.1. The third kappa shape index (κ3) is 3.13. The van der Waals surface area contributed by atoms with Gasteiger partial charge in [-0.1, -0.05) is 6.92 Å². The summed E-state index contributed by atoms with van der Waals surface area (Å²) in [6.07, 6.45) is 0.0674. The van der Waals surface area contributed by atoms with E-state index in [2.05, 4.69) is 10.2 Å². The number of nitrogens with one attached hydrogen (secondary N) is 1. The van der Waals surface area contributed by atoms with E-state index in [1.807, 2.05) is 0 Å². The van der Waals surface area contributed by atoms with Crippen molar-refractivity contribution in [2.24, 2.45) is 0 Å². The lowest BCUT2D eigenvalue weighted by atomic mass is 9.86. The SMILES string of the molecule is CC[C@@]1(O)C(=O)OCc2c1cc1n(c2=O)Cc2c-1nc1cc(F)c(OC)cc1c2CN1CCNC1. The first-order valence-corrected chi connectivity index (χ1v) is 11.6. The Kier molecular flexibility index (Phi) is 4.96. The number of benzene rings is 1. The van der Waals surface area contributed by atoms with Crippen LogP contribution in [0.1, 0.15) is 35.6 Å². The summed E-state index contributed by atoms with van der Waals surface area (Å²) >= 11 is 0. The van der Waals surface area contributed by atoms with E-state index in [0.717, 1.165) is 36.3 Å². The number of hydrogen-bond donors (Lipinski definition) is 2. The summed E-state index contributed by atoms with van der Waals surface area (Å²) in [5.41, 5.74) is 1.64. The number of halogens is 1. The number of methoxy groups -OCH3 is 1. The Balaban J connectivity index is 1.62. The minimum absolute atomic E-state index is 0.0674. The number of aromatic nitrogens is 2. The van der Waals surface area contributed by atoms with E-state index in [9.17, 15) is 19.1 Å². The van der Waals surface area contributed by atoms with Crippen LogP contribution in [0.2, 0.25) is 0 Å². The van der Waals surface area contributed by atoms with Crippen LogP contribution in [0.5, 0.6) is 5.75 Å². The molecule has 2 N–H and O–H groups in total. The summed E-state index contributed by atoms with van der Waals surface area (Å²) in [7, 11) is 1.42. The Labute approximate surface area is 200 Å². The smallest absolute Gasteiger partial charge is 0.343 e. The summed E-state index contributed by atoms with van der Waals surface area (Å²) in [4.78, 5) is 32.9. The Morgan fingerprint density at radius 2 is 2.11 bits per heavy atom. The molecule has 1 fully saturated rings. The molecule has 0 bridgehead atoms. The predicted molar refractivity (Wildman–Crippen MR) is 124 cm³/mol. The van der Waals surface area contributed by atoms with Crippen LogP contribution in [0.3, 0.4) is 0 Å². The summed E-state index contributed by atoms with van der Waals surface area (Å²) in [5.74, 6) is -1.16. The topological polar surface area (TPSA) is 106 Å². The maximum atomic E-state index is 14.7. The van der Waals surface area contributed by atoms with Crippen molar-refractivity contribution in [2.75, 3.05) is 26.9 Å². The van der Waals surface area contributed by atoms with E-state index < -0.39 is 17.4 Å². The van der Waals surface area contributed by atoms with E-state index >= 15 is 0 Å². The van der Waals surface area contributed by atoms with Crippen LogP contribution in [0.25, 0.3) is 22.3 Å². The van der Waals surface area contributed by atoms with Crippen molar-refractivity contribution in [1.82, 2.24) is 19.8 Å². The van der Waals surface area contributed by atoms with Crippen molar-refractivity contribution in [1.29, 1.82) is 0 Å². The van der Waals surface area contributed by atoms with E-state index in [4.69, 9.17) is 14.5 Å². The fraction of sp³-hybridized carbons (Fsp3) is 0.400. The average Bonchev–Trinajstić information content (AvgIpc) is 3.49. The molecule has 3 aromatic rings. The second-order valence-electron chi connectivity index (χ2n) is 9.24. The molecule has 1 aromatic carbocycles. The lowest BCUT2D eigenvalue weighted by molar-refractivity contribution is -0.172. The van der Waals surface area contributed by atoms with Crippen LogP contribution in [-0.4, -0.2) is 52.4 Å². The number of ether oxygens (including phenoxy) is 2. The van der Waals surface area contributed by atoms with Crippen molar-refractivity contribution >= 4 is 16.9 Å². The molecule has 10 heteroatoms. The van der Waals surface area contributed by atoms with Crippen molar-refractivity contribution in [2.45, 2.75) is 38.6 Å². The molecule has 35 heavy (non-hydrogen) atoms. The zero-order chi connectivity index (χ0) is 24.5. The first-order valence-electron chi connectivity index (χ1n) is 11.6. The third-order valence-electron chi connectivity index (χ3n) is 7.40. The molecular weight excluding hydrogens is 455 g/mol. The average molecular weight is 480 g/mol. The van der Waals surface area contributed by atoms with Gasteiger partial charge in [-0.15, -0.1) is 0 Å². The van der Waals surface area contributed by atoms with Gasteiger partial charge in [0.25, 0.3) is 5.56 Å². The number of carbonyl (C=O) groups is 1. The van der Waals surface area contributed by atoms with Crippen molar-refractivity contribution in [3.63, 3.8) is 0 Å². The molecule has 1 saturated heterocycles. The number of carbonyl (C=O) groups excluding carboxylic acids is 1. The number of nitrogens with zero attached hydrogens (tertiary/aromatic N) is 3. The minimum atomic E-state index is -1.90.